The Labute approximate surface area is 124 Å². The van der Waals surface area contributed by atoms with Crippen LogP contribution in [0, 0.1) is 0 Å². The lowest BCUT2D eigenvalue weighted by molar-refractivity contribution is -0.173. The summed E-state index contributed by atoms with van der Waals surface area (Å²) in [6, 6.07) is 9.64. The molecule has 0 aromatic heterocycles. The van der Waals surface area contributed by atoms with Crippen LogP contribution in [0.15, 0.2) is 30.3 Å². The molecule has 21 heavy (non-hydrogen) atoms. The maximum absolute atomic E-state index is 11.8. The van der Waals surface area contributed by atoms with Crippen molar-refractivity contribution in [3.05, 3.63) is 35.9 Å². The fraction of sp³-hybridized carbons (Fsp3) is 0.467. The number of carbonyl (C=O) groups is 2. The lowest BCUT2D eigenvalue weighted by Gasteiger charge is -2.36. The molecule has 0 heterocycles. The Hall–Kier alpha value is -1.92. The second-order valence-electron chi connectivity index (χ2n) is 5.62. The molecule has 0 bridgehead atoms. The van der Waals surface area contributed by atoms with E-state index in [0.717, 1.165) is 5.56 Å². The molecule has 0 aliphatic rings. The highest BCUT2D eigenvalue weighted by Gasteiger charge is 2.49. The van der Waals surface area contributed by atoms with Gasteiger partial charge in [-0.05, 0) is 32.3 Å². The largest absolute Gasteiger partial charge is 0.478 e. The topological polar surface area (TPSA) is 113 Å². The van der Waals surface area contributed by atoms with E-state index in [9.17, 15) is 14.7 Å². The van der Waals surface area contributed by atoms with Crippen LogP contribution in [0.4, 0.5) is 0 Å². The van der Waals surface area contributed by atoms with E-state index >= 15 is 0 Å². The van der Waals surface area contributed by atoms with Gasteiger partial charge in [0.1, 0.15) is 0 Å². The van der Waals surface area contributed by atoms with E-state index in [2.05, 4.69) is 5.32 Å². The van der Waals surface area contributed by atoms with E-state index in [1.165, 1.54) is 13.8 Å². The Morgan fingerprint density at radius 2 is 1.81 bits per heavy atom. The highest BCUT2D eigenvalue weighted by Crippen LogP contribution is 2.17. The van der Waals surface area contributed by atoms with Crippen molar-refractivity contribution in [2.24, 2.45) is 5.73 Å². The quantitative estimate of drug-likeness (QED) is 0.551. The number of aliphatic carboxylic acids is 1. The Morgan fingerprint density at radius 3 is 2.29 bits per heavy atom. The molecule has 0 fully saturated rings. The molecule has 0 aliphatic carbocycles. The molecule has 0 saturated carbocycles. The number of aliphatic hydroxyl groups is 1. The smallest absolute Gasteiger partial charge is 0.359 e. The molecular formula is C15H22N2O4. The van der Waals surface area contributed by atoms with E-state index in [1.807, 2.05) is 30.3 Å². The number of nitrogens with two attached hydrogens (primary N) is 1. The van der Waals surface area contributed by atoms with E-state index in [1.54, 1.807) is 0 Å². The van der Waals surface area contributed by atoms with Crippen molar-refractivity contribution >= 4 is 11.9 Å². The molecular weight excluding hydrogens is 272 g/mol. The summed E-state index contributed by atoms with van der Waals surface area (Å²) in [4.78, 5) is 23.0. The molecule has 1 amide bonds. The van der Waals surface area contributed by atoms with Crippen molar-refractivity contribution in [1.29, 1.82) is 0 Å². The molecule has 6 heteroatoms. The number of carboxylic acids is 1. The molecule has 0 radical (unpaired) electrons. The maximum atomic E-state index is 11.8. The van der Waals surface area contributed by atoms with Crippen LogP contribution < -0.4 is 11.1 Å². The number of carboxylic acid groups (broad SMARTS) is 1. The summed E-state index contributed by atoms with van der Waals surface area (Å²) >= 11 is 0. The first-order valence-corrected chi connectivity index (χ1v) is 6.76. The molecule has 1 aromatic rings. The van der Waals surface area contributed by atoms with Crippen molar-refractivity contribution in [2.75, 3.05) is 0 Å². The Balaban J connectivity index is 2.54. The molecule has 1 aromatic carbocycles. The van der Waals surface area contributed by atoms with Gasteiger partial charge in [0.05, 0.1) is 5.54 Å². The highest BCUT2D eigenvalue weighted by atomic mass is 16.4. The third kappa shape index (κ3) is 4.54. The number of benzene rings is 1. The molecule has 1 rings (SSSR count). The van der Waals surface area contributed by atoms with Crippen LogP contribution >= 0.6 is 0 Å². The molecule has 1 atom stereocenters. The Kier molecular flexibility index (Phi) is 5.46. The summed E-state index contributed by atoms with van der Waals surface area (Å²) in [6.45, 7) is 2.68. The van der Waals surface area contributed by atoms with Crippen LogP contribution in [0.1, 0.15) is 32.3 Å². The summed E-state index contributed by atoms with van der Waals surface area (Å²) in [5.74, 6) is -2.12. The monoisotopic (exact) mass is 294 g/mol. The number of hydrogen-bond acceptors (Lipinski definition) is 4. The van der Waals surface area contributed by atoms with Gasteiger partial charge in [0.15, 0.2) is 0 Å². The maximum Gasteiger partial charge on any atom is 0.359 e. The number of aryl methyl sites for hydroxylation is 1. The minimum absolute atomic E-state index is 0.112. The van der Waals surface area contributed by atoms with Crippen LogP contribution in [0.2, 0.25) is 0 Å². The van der Waals surface area contributed by atoms with Gasteiger partial charge in [-0.25, -0.2) is 4.79 Å². The fourth-order valence-corrected chi connectivity index (χ4v) is 1.85. The highest BCUT2D eigenvalue weighted by molar-refractivity contribution is 5.86. The van der Waals surface area contributed by atoms with Crippen LogP contribution in [-0.4, -0.2) is 33.4 Å². The summed E-state index contributed by atoms with van der Waals surface area (Å²) in [5, 5.41) is 21.2. The summed E-state index contributed by atoms with van der Waals surface area (Å²) in [7, 11) is 0. The zero-order chi connectivity index (χ0) is 16.1. The second kappa shape index (κ2) is 6.69. The average Bonchev–Trinajstić information content (AvgIpc) is 2.38. The second-order valence-corrected chi connectivity index (χ2v) is 5.62. The fourth-order valence-electron chi connectivity index (χ4n) is 1.85. The predicted octanol–water partition coefficient (Wildman–Crippen LogP) is 0.636. The number of amides is 1. The van der Waals surface area contributed by atoms with Crippen molar-refractivity contribution in [1.82, 2.24) is 5.32 Å². The lowest BCUT2D eigenvalue weighted by Crippen LogP contribution is -2.70. The zero-order valence-corrected chi connectivity index (χ0v) is 12.3. The number of carbonyl (C=O) groups excluding carboxylic acids is 1. The van der Waals surface area contributed by atoms with E-state index in [-0.39, 0.29) is 6.42 Å². The number of nitrogens with one attached hydrogen (secondary N) is 1. The van der Waals surface area contributed by atoms with Gasteiger partial charge in [-0.3, -0.25) is 4.79 Å². The van der Waals surface area contributed by atoms with E-state index in [4.69, 9.17) is 10.8 Å². The van der Waals surface area contributed by atoms with E-state index in [0.29, 0.717) is 12.8 Å². The van der Waals surface area contributed by atoms with Gasteiger partial charge in [-0.1, -0.05) is 30.3 Å². The minimum atomic E-state index is -2.49. The van der Waals surface area contributed by atoms with Gasteiger partial charge in [-0.2, -0.15) is 0 Å². The third-order valence-electron chi connectivity index (χ3n) is 3.27. The first-order chi connectivity index (χ1) is 9.67. The van der Waals surface area contributed by atoms with Gasteiger partial charge in [-0.15, -0.1) is 0 Å². The van der Waals surface area contributed by atoms with E-state index < -0.39 is 23.1 Å². The van der Waals surface area contributed by atoms with Crippen LogP contribution in [0.5, 0.6) is 0 Å². The van der Waals surface area contributed by atoms with Crippen molar-refractivity contribution in [2.45, 2.75) is 44.4 Å². The van der Waals surface area contributed by atoms with Crippen LogP contribution in [0.3, 0.4) is 0 Å². The van der Waals surface area contributed by atoms with Gasteiger partial charge in [0, 0.05) is 6.42 Å². The first kappa shape index (κ1) is 17.1. The summed E-state index contributed by atoms with van der Waals surface area (Å²) in [6.07, 6.45) is 1.36. The molecule has 0 spiro atoms. The van der Waals surface area contributed by atoms with Crippen LogP contribution in [-0.2, 0) is 16.0 Å². The van der Waals surface area contributed by atoms with Gasteiger partial charge in [0.25, 0.3) is 5.72 Å². The molecule has 1 unspecified atom stereocenters. The average molecular weight is 294 g/mol. The Bertz CT molecular complexity index is 496. The summed E-state index contributed by atoms with van der Waals surface area (Å²) < 4.78 is 0. The Morgan fingerprint density at radius 1 is 1.24 bits per heavy atom. The SMILES string of the molecule is CC(C)(N)C(O)(NC(=O)CCCc1ccccc1)C(=O)O. The molecule has 116 valence electrons. The minimum Gasteiger partial charge on any atom is -0.478 e. The normalized spacial score (nSPS) is 14.3. The zero-order valence-electron chi connectivity index (χ0n) is 12.3. The van der Waals surface area contributed by atoms with Crippen LogP contribution in [0.25, 0.3) is 0 Å². The van der Waals surface area contributed by atoms with Gasteiger partial charge < -0.3 is 21.3 Å². The third-order valence-corrected chi connectivity index (χ3v) is 3.27. The number of rotatable bonds is 7. The van der Waals surface area contributed by atoms with Crippen molar-refractivity contribution in [3.8, 4) is 0 Å². The molecule has 0 saturated heterocycles. The van der Waals surface area contributed by atoms with Crippen molar-refractivity contribution in [3.63, 3.8) is 0 Å². The predicted molar refractivity (Wildman–Crippen MR) is 78.4 cm³/mol. The summed E-state index contributed by atoms with van der Waals surface area (Å²) in [5.41, 5.74) is 2.74. The number of hydrogen-bond donors (Lipinski definition) is 4. The molecule has 6 nitrogen and oxygen atoms in total. The van der Waals surface area contributed by atoms with Crippen molar-refractivity contribution < 1.29 is 19.8 Å². The lowest BCUT2D eigenvalue weighted by atomic mass is 9.91. The molecule has 5 N–H and O–H groups in total. The first-order valence-electron chi connectivity index (χ1n) is 6.76. The standard InChI is InChI=1S/C15H22N2O4/c1-14(2,16)15(21,13(19)20)17-12(18)10-6-9-11-7-4-3-5-8-11/h3-5,7-8,21H,6,9-10,16H2,1-2H3,(H,17,18)(H,19,20). The van der Waals surface area contributed by atoms with Gasteiger partial charge >= 0.3 is 5.97 Å². The van der Waals surface area contributed by atoms with Gasteiger partial charge in [0.2, 0.25) is 5.91 Å². The molecule has 0 aliphatic heterocycles.